The van der Waals surface area contributed by atoms with E-state index in [1.807, 2.05) is 6.92 Å². The van der Waals surface area contributed by atoms with Crippen LogP contribution >= 0.6 is 0 Å². The summed E-state index contributed by atoms with van der Waals surface area (Å²) in [5, 5.41) is 2.83. The molecular formula is C18H24F4N2O. The second-order valence-electron chi connectivity index (χ2n) is 6.88. The van der Waals surface area contributed by atoms with Crippen LogP contribution in [-0.4, -0.2) is 24.7 Å². The van der Waals surface area contributed by atoms with Crippen LogP contribution in [0.1, 0.15) is 37.3 Å². The maximum atomic E-state index is 13.7. The Morgan fingerprint density at radius 2 is 1.92 bits per heavy atom. The number of hydrogen-bond acceptors (Lipinski definition) is 2. The Bertz CT molecular complexity index is 580. The normalized spacial score (nSPS) is 24.5. The van der Waals surface area contributed by atoms with Gasteiger partial charge in [-0.1, -0.05) is 19.1 Å². The van der Waals surface area contributed by atoms with Crippen LogP contribution in [0.5, 0.6) is 0 Å². The number of carbonyl (C=O) groups is 1. The molecule has 1 aliphatic rings. The van der Waals surface area contributed by atoms with Gasteiger partial charge in [-0.3, -0.25) is 4.79 Å². The summed E-state index contributed by atoms with van der Waals surface area (Å²) in [5.74, 6) is -0.367. The number of carbonyl (C=O) groups excluding carboxylic acids is 1. The molecule has 1 amide bonds. The van der Waals surface area contributed by atoms with Gasteiger partial charge in [-0.25, -0.2) is 4.39 Å². The van der Waals surface area contributed by atoms with Gasteiger partial charge in [0.1, 0.15) is 5.67 Å². The van der Waals surface area contributed by atoms with E-state index in [1.54, 1.807) is 0 Å². The molecule has 1 fully saturated rings. The number of halogens is 4. The van der Waals surface area contributed by atoms with Gasteiger partial charge < -0.3 is 11.1 Å². The number of alkyl halides is 4. The van der Waals surface area contributed by atoms with Crippen molar-refractivity contribution in [1.82, 2.24) is 5.32 Å². The third kappa shape index (κ3) is 5.17. The quantitative estimate of drug-likeness (QED) is 0.732. The van der Waals surface area contributed by atoms with Crippen molar-refractivity contribution in [2.75, 3.05) is 13.1 Å². The molecule has 0 aliphatic heterocycles. The molecule has 2 rings (SSSR count). The topological polar surface area (TPSA) is 55.1 Å². The molecule has 3 nitrogen and oxygen atoms in total. The molecule has 1 saturated carbocycles. The van der Waals surface area contributed by atoms with Crippen LogP contribution in [0.15, 0.2) is 24.3 Å². The number of hydrogen-bond donors (Lipinski definition) is 2. The molecule has 0 aromatic heterocycles. The first-order valence-electron chi connectivity index (χ1n) is 8.49. The lowest BCUT2D eigenvalue weighted by molar-refractivity contribution is -0.137. The second-order valence-corrected chi connectivity index (χ2v) is 6.88. The van der Waals surface area contributed by atoms with E-state index in [-0.39, 0.29) is 24.3 Å². The Morgan fingerprint density at radius 3 is 2.40 bits per heavy atom. The van der Waals surface area contributed by atoms with Gasteiger partial charge in [-0.05, 0) is 49.3 Å². The minimum atomic E-state index is -4.36. The number of amides is 1. The van der Waals surface area contributed by atoms with Gasteiger partial charge in [-0.2, -0.15) is 13.2 Å². The standard InChI is InChI=1S/C18H24F4N2O/c1-2-14(7-12-3-5-15(6-4-12)18(20,21)22)16(25)24-10-13-8-17(19,9-13)11-23/h3-6,13-14H,2,7-11,23H2,1H3,(H,24,25). The second kappa shape index (κ2) is 7.72. The predicted molar refractivity (Wildman–Crippen MR) is 87.6 cm³/mol. The van der Waals surface area contributed by atoms with Crippen LogP contribution in [0, 0.1) is 11.8 Å². The smallest absolute Gasteiger partial charge is 0.356 e. The van der Waals surface area contributed by atoms with Gasteiger partial charge in [0.25, 0.3) is 0 Å². The molecule has 7 heteroatoms. The fourth-order valence-electron chi connectivity index (χ4n) is 3.21. The van der Waals surface area contributed by atoms with Crippen molar-refractivity contribution < 1.29 is 22.4 Å². The zero-order chi connectivity index (χ0) is 18.7. The molecule has 0 radical (unpaired) electrons. The summed E-state index contributed by atoms with van der Waals surface area (Å²) in [5.41, 5.74) is 4.04. The zero-order valence-electron chi connectivity index (χ0n) is 14.2. The van der Waals surface area contributed by atoms with Gasteiger partial charge in [0.15, 0.2) is 0 Å². The monoisotopic (exact) mass is 360 g/mol. The SMILES string of the molecule is CCC(Cc1ccc(C(F)(F)F)cc1)C(=O)NCC1CC(F)(CN)C1. The molecule has 25 heavy (non-hydrogen) atoms. The van der Waals surface area contributed by atoms with E-state index in [0.29, 0.717) is 37.8 Å². The highest BCUT2D eigenvalue weighted by Crippen LogP contribution is 2.40. The largest absolute Gasteiger partial charge is 0.416 e. The van der Waals surface area contributed by atoms with Crippen LogP contribution in [-0.2, 0) is 17.4 Å². The van der Waals surface area contributed by atoms with Gasteiger partial charge in [0.2, 0.25) is 5.91 Å². The summed E-state index contributed by atoms with van der Waals surface area (Å²) >= 11 is 0. The molecule has 1 aliphatic carbocycles. The van der Waals surface area contributed by atoms with Crippen LogP contribution in [0.25, 0.3) is 0 Å². The zero-order valence-corrected chi connectivity index (χ0v) is 14.2. The maximum absolute atomic E-state index is 13.7. The van der Waals surface area contributed by atoms with E-state index < -0.39 is 17.4 Å². The summed E-state index contributed by atoms with van der Waals surface area (Å²) < 4.78 is 51.4. The van der Waals surface area contributed by atoms with Crippen molar-refractivity contribution >= 4 is 5.91 Å². The number of nitrogens with one attached hydrogen (secondary N) is 1. The summed E-state index contributed by atoms with van der Waals surface area (Å²) in [4.78, 5) is 12.3. The van der Waals surface area contributed by atoms with Gasteiger partial charge >= 0.3 is 6.18 Å². The Balaban J connectivity index is 1.84. The Kier molecular flexibility index (Phi) is 6.08. The van der Waals surface area contributed by atoms with E-state index in [2.05, 4.69) is 5.32 Å². The summed E-state index contributed by atoms with van der Waals surface area (Å²) in [7, 11) is 0. The average molecular weight is 360 g/mol. The lowest BCUT2D eigenvalue weighted by Crippen LogP contribution is -2.50. The van der Waals surface area contributed by atoms with Crippen LogP contribution < -0.4 is 11.1 Å². The fourth-order valence-corrected chi connectivity index (χ4v) is 3.21. The van der Waals surface area contributed by atoms with E-state index in [9.17, 15) is 22.4 Å². The Labute approximate surface area is 145 Å². The molecule has 0 saturated heterocycles. The molecule has 1 unspecified atom stereocenters. The van der Waals surface area contributed by atoms with E-state index in [4.69, 9.17) is 5.73 Å². The van der Waals surface area contributed by atoms with Crippen LogP contribution in [0.3, 0.4) is 0 Å². The summed E-state index contributed by atoms with van der Waals surface area (Å²) in [6.07, 6.45) is -2.69. The summed E-state index contributed by atoms with van der Waals surface area (Å²) in [6.45, 7) is 2.27. The summed E-state index contributed by atoms with van der Waals surface area (Å²) in [6, 6.07) is 4.87. The van der Waals surface area contributed by atoms with Crippen molar-refractivity contribution in [3.8, 4) is 0 Å². The fraction of sp³-hybridized carbons (Fsp3) is 0.611. The Hall–Kier alpha value is -1.63. The van der Waals surface area contributed by atoms with Gasteiger partial charge in [-0.15, -0.1) is 0 Å². The minimum absolute atomic E-state index is 0.00293. The van der Waals surface area contributed by atoms with Crippen molar-refractivity contribution in [3.05, 3.63) is 35.4 Å². The third-order valence-corrected chi connectivity index (χ3v) is 4.87. The van der Waals surface area contributed by atoms with Crippen LogP contribution in [0.4, 0.5) is 17.6 Å². The molecule has 0 spiro atoms. The number of nitrogens with two attached hydrogens (primary N) is 1. The maximum Gasteiger partial charge on any atom is 0.416 e. The minimum Gasteiger partial charge on any atom is -0.356 e. The highest BCUT2D eigenvalue weighted by atomic mass is 19.4. The lowest BCUT2D eigenvalue weighted by atomic mass is 9.72. The molecule has 0 bridgehead atoms. The lowest BCUT2D eigenvalue weighted by Gasteiger charge is -2.40. The Morgan fingerprint density at radius 1 is 1.32 bits per heavy atom. The molecule has 1 atom stereocenters. The van der Waals surface area contributed by atoms with E-state index in [0.717, 1.165) is 12.1 Å². The molecule has 1 aromatic carbocycles. The number of rotatable bonds is 7. The highest BCUT2D eigenvalue weighted by Gasteiger charge is 2.43. The molecular weight excluding hydrogens is 336 g/mol. The first kappa shape index (κ1) is 19.7. The molecule has 140 valence electrons. The van der Waals surface area contributed by atoms with Gasteiger partial charge in [0, 0.05) is 19.0 Å². The highest BCUT2D eigenvalue weighted by molar-refractivity contribution is 5.78. The van der Waals surface area contributed by atoms with E-state index in [1.165, 1.54) is 12.1 Å². The first-order chi connectivity index (χ1) is 11.7. The average Bonchev–Trinajstić information content (AvgIpc) is 2.54. The third-order valence-electron chi connectivity index (χ3n) is 4.87. The van der Waals surface area contributed by atoms with E-state index >= 15 is 0 Å². The van der Waals surface area contributed by atoms with Crippen molar-refractivity contribution in [2.24, 2.45) is 17.6 Å². The molecule has 1 aromatic rings. The first-order valence-corrected chi connectivity index (χ1v) is 8.49. The molecule has 3 N–H and O–H groups in total. The van der Waals surface area contributed by atoms with Gasteiger partial charge in [0.05, 0.1) is 5.56 Å². The van der Waals surface area contributed by atoms with Crippen molar-refractivity contribution in [1.29, 1.82) is 0 Å². The van der Waals surface area contributed by atoms with Crippen molar-refractivity contribution in [2.45, 2.75) is 44.5 Å². The molecule has 0 heterocycles. The number of benzene rings is 1. The van der Waals surface area contributed by atoms with Crippen LogP contribution in [0.2, 0.25) is 0 Å². The van der Waals surface area contributed by atoms with Crippen molar-refractivity contribution in [3.63, 3.8) is 0 Å². The predicted octanol–water partition coefficient (Wildman–Crippen LogP) is 3.47.